The van der Waals surface area contributed by atoms with Crippen molar-refractivity contribution in [1.82, 2.24) is 4.31 Å². The second kappa shape index (κ2) is 9.20. The monoisotopic (exact) mass is 505 g/mol. The van der Waals surface area contributed by atoms with Gasteiger partial charge in [0.15, 0.2) is 12.6 Å². The minimum Gasteiger partial charge on any atom is -0.387 e. The zero-order valence-electron chi connectivity index (χ0n) is 19.9. The van der Waals surface area contributed by atoms with Crippen LogP contribution in [0.4, 0.5) is 0 Å². The van der Waals surface area contributed by atoms with Crippen molar-refractivity contribution < 1.29 is 37.6 Å². The van der Waals surface area contributed by atoms with E-state index in [-0.39, 0.29) is 18.1 Å². The molecule has 0 radical (unpaired) electrons. The van der Waals surface area contributed by atoms with Crippen LogP contribution in [0.25, 0.3) is 0 Å². The van der Waals surface area contributed by atoms with Crippen LogP contribution in [-0.4, -0.2) is 78.4 Å². The van der Waals surface area contributed by atoms with Crippen LogP contribution in [0.2, 0.25) is 0 Å². The number of fused-ring (bicyclic) bond motifs is 1. The highest BCUT2D eigenvalue weighted by Gasteiger charge is 2.63. The highest BCUT2D eigenvalue weighted by atomic mass is 32.2. The maximum absolute atomic E-state index is 13.2. The molecular weight excluding hydrogens is 474 g/mol. The predicted molar refractivity (Wildman–Crippen MR) is 125 cm³/mol. The summed E-state index contributed by atoms with van der Waals surface area (Å²) >= 11 is 0. The molecule has 2 aromatic carbocycles. The molecule has 3 aliphatic rings. The van der Waals surface area contributed by atoms with Gasteiger partial charge >= 0.3 is 0 Å². The number of aryl methyl sites for hydroxylation is 1. The average molecular weight is 506 g/mol. The standard InChI is InChI=1S/C25H31NO8S/c1-15-9-11-17(12-10-15)35(29,30)26-19(25(26,2)3)14-32-24-21(28)20(27)22-18(33-24)13-31-23(34-22)16-7-5-4-6-8-16/h4-12,18-24,27-28H,13-14H2,1-3H3/t18-,19?,20-,21-,22+,23+,24-,26?/m1/s1. The van der Waals surface area contributed by atoms with Crippen molar-refractivity contribution in [2.24, 2.45) is 0 Å². The molecule has 10 heteroatoms. The van der Waals surface area contributed by atoms with Crippen LogP contribution >= 0.6 is 0 Å². The Balaban J connectivity index is 1.22. The van der Waals surface area contributed by atoms with Crippen LogP contribution in [0.1, 0.15) is 31.3 Å². The molecule has 0 bridgehead atoms. The Morgan fingerprint density at radius 2 is 1.71 bits per heavy atom. The summed E-state index contributed by atoms with van der Waals surface area (Å²) in [6, 6.07) is 15.6. The molecule has 5 rings (SSSR count). The number of aliphatic hydroxyl groups is 2. The molecule has 0 aliphatic carbocycles. The van der Waals surface area contributed by atoms with Gasteiger partial charge in [0.05, 0.1) is 24.2 Å². The van der Waals surface area contributed by atoms with Crippen LogP contribution in [0.3, 0.4) is 0 Å². The van der Waals surface area contributed by atoms with Crippen molar-refractivity contribution in [3.05, 3.63) is 65.7 Å². The van der Waals surface area contributed by atoms with Gasteiger partial charge in [-0.25, -0.2) is 8.42 Å². The lowest BCUT2D eigenvalue weighted by atomic mass is 9.98. The van der Waals surface area contributed by atoms with Crippen molar-refractivity contribution in [3.8, 4) is 0 Å². The van der Waals surface area contributed by atoms with Crippen LogP contribution in [-0.2, 0) is 29.0 Å². The van der Waals surface area contributed by atoms with Crippen molar-refractivity contribution >= 4 is 10.0 Å². The lowest BCUT2D eigenvalue weighted by Crippen LogP contribution is -2.62. The molecule has 35 heavy (non-hydrogen) atoms. The first-order valence-corrected chi connectivity index (χ1v) is 13.1. The predicted octanol–water partition coefficient (Wildman–Crippen LogP) is 1.72. The Hall–Kier alpha value is -1.89. The summed E-state index contributed by atoms with van der Waals surface area (Å²) in [6.45, 7) is 5.69. The molecule has 3 saturated heterocycles. The third kappa shape index (κ3) is 4.54. The topological polar surface area (TPSA) is 115 Å². The Bertz CT molecular complexity index is 1140. The number of aliphatic hydroxyl groups excluding tert-OH is 2. The van der Waals surface area contributed by atoms with Gasteiger partial charge in [-0.3, -0.25) is 0 Å². The number of nitrogens with zero attached hydrogens (tertiary/aromatic N) is 1. The fourth-order valence-electron chi connectivity index (χ4n) is 4.78. The van der Waals surface area contributed by atoms with Gasteiger partial charge in [0.2, 0.25) is 10.0 Å². The highest BCUT2D eigenvalue weighted by molar-refractivity contribution is 7.89. The number of hydrogen-bond acceptors (Lipinski definition) is 8. The molecule has 8 atom stereocenters. The van der Waals surface area contributed by atoms with Gasteiger partial charge < -0.3 is 29.2 Å². The van der Waals surface area contributed by atoms with Gasteiger partial charge in [-0.05, 0) is 32.9 Å². The molecule has 0 aromatic heterocycles. The summed E-state index contributed by atoms with van der Waals surface area (Å²) in [7, 11) is -3.71. The summed E-state index contributed by atoms with van der Waals surface area (Å²) in [5.41, 5.74) is 1.11. The second-order valence-electron chi connectivity index (χ2n) is 9.82. The van der Waals surface area contributed by atoms with Crippen molar-refractivity contribution in [3.63, 3.8) is 0 Å². The molecular formula is C25H31NO8S. The first-order valence-electron chi connectivity index (χ1n) is 11.7. The zero-order valence-corrected chi connectivity index (χ0v) is 20.7. The third-order valence-electron chi connectivity index (χ3n) is 7.00. The smallest absolute Gasteiger partial charge is 0.244 e. The van der Waals surface area contributed by atoms with E-state index < -0.39 is 58.6 Å². The number of benzene rings is 2. The van der Waals surface area contributed by atoms with E-state index in [1.807, 2.05) is 51.1 Å². The second-order valence-corrected chi connectivity index (χ2v) is 11.6. The molecule has 3 aliphatic heterocycles. The lowest BCUT2D eigenvalue weighted by Gasteiger charge is -2.46. The Labute approximate surface area is 205 Å². The fraction of sp³-hybridized carbons (Fsp3) is 0.520. The molecule has 0 spiro atoms. The summed E-state index contributed by atoms with van der Waals surface area (Å²) in [5, 5.41) is 21.4. The Morgan fingerprint density at radius 1 is 1.03 bits per heavy atom. The van der Waals surface area contributed by atoms with Crippen molar-refractivity contribution in [2.45, 2.75) is 74.2 Å². The van der Waals surface area contributed by atoms with Gasteiger partial charge in [0, 0.05) is 11.1 Å². The van der Waals surface area contributed by atoms with Crippen molar-refractivity contribution in [1.29, 1.82) is 0 Å². The third-order valence-corrected chi connectivity index (χ3v) is 9.11. The summed E-state index contributed by atoms with van der Waals surface area (Å²) in [4.78, 5) is 0.218. The largest absolute Gasteiger partial charge is 0.387 e. The number of ether oxygens (including phenoxy) is 4. The molecule has 2 aromatic rings. The average Bonchev–Trinajstić information content (AvgIpc) is 3.42. The van der Waals surface area contributed by atoms with E-state index in [1.54, 1.807) is 24.3 Å². The quantitative estimate of drug-likeness (QED) is 0.571. The van der Waals surface area contributed by atoms with Gasteiger partial charge in [-0.1, -0.05) is 48.0 Å². The SMILES string of the molecule is Cc1ccc(S(=O)(=O)N2C(CO[C@@H]3O[C@@H]4CO[C@H](c5ccccc5)O[C@@H]4[C@H](O)[C@H]3O)C2(C)C)cc1. The molecule has 190 valence electrons. The van der Waals surface area contributed by atoms with E-state index in [0.717, 1.165) is 11.1 Å². The van der Waals surface area contributed by atoms with Crippen LogP contribution in [0.15, 0.2) is 59.5 Å². The zero-order chi connectivity index (χ0) is 25.0. The summed E-state index contributed by atoms with van der Waals surface area (Å²) in [6.07, 6.45) is -5.87. The minimum absolute atomic E-state index is 0.00171. The van der Waals surface area contributed by atoms with E-state index in [1.165, 1.54) is 4.31 Å². The van der Waals surface area contributed by atoms with E-state index in [9.17, 15) is 18.6 Å². The Kier molecular flexibility index (Phi) is 6.52. The molecule has 2 unspecified atom stereocenters. The van der Waals surface area contributed by atoms with Crippen LogP contribution in [0.5, 0.6) is 0 Å². The van der Waals surface area contributed by atoms with Crippen LogP contribution < -0.4 is 0 Å². The molecule has 3 heterocycles. The number of rotatable bonds is 6. The van der Waals surface area contributed by atoms with E-state index in [0.29, 0.717) is 0 Å². The first kappa shape index (κ1) is 24.8. The lowest BCUT2D eigenvalue weighted by molar-refractivity contribution is -0.361. The van der Waals surface area contributed by atoms with Gasteiger partial charge in [-0.15, -0.1) is 0 Å². The van der Waals surface area contributed by atoms with E-state index >= 15 is 0 Å². The normalized spacial score (nSPS) is 36.4. The van der Waals surface area contributed by atoms with Crippen molar-refractivity contribution in [2.75, 3.05) is 13.2 Å². The molecule has 2 N–H and O–H groups in total. The minimum atomic E-state index is -3.71. The molecule has 0 amide bonds. The Morgan fingerprint density at radius 3 is 2.40 bits per heavy atom. The van der Waals surface area contributed by atoms with Gasteiger partial charge in [0.1, 0.15) is 24.4 Å². The molecule has 3 fully saturated rings. The number of sulfonamides is 1. The maximum Gasteiger partial charge on any atom is 0.244 e. The van der Waals surface area contributed by atoms with Crippen LogP contribution in [0, 0.1) is 6.92 Å². The molecule has 9 nitrogen and oxygen atoms in total. The van der Waals surface area contributed by atoms with E-state index in [4.69, 9.17) is 18.9 Å². The maximum atomic E-state index is 13.2. The highest BCUT2D eigenvalue weighted by Crippen LogP contribution is 2.46. The van der Waals surface area contributed by atoms with Gasteiger partial charge in [0.25, 0.3) is 0 Å². The van der Waals surface area contributed by atoms with Gasteiger partial charge in [-0.2, -0.15) is 4.31 Å². The number of hydrogen-bond donors (Lipinski definition) is 2. The molecule has 0 saturated carbocycles. The summed E-state index contributed by atoms with van der Waals surface area (Å²) in [5.74, 6) is 0. The fourth-order valence-corrected chi connectivity index (χ4v) is 6.84. The summed E-state index contributed by atoms with van der Waals surface area (Å²) < 4.78 is 51.1. The first-order chi connectivity index (χ1) is 16.6. The van der Waals surface area contributed by atoms with E-state index in [2.05, 4.69) is 0 Å².